The lowest BCUT2D eigenvalue weighted by molar-refractivity contribution is -0.136. The summed E-state index contributed by atoms with van der Waals surface area (Å²) in [5.74, 6) is 0.743. The summed E-state index contributed by atoms with van der Waals surface area (Å²) in [6, 6.07) is 5.70. The van der Waals surface area contributed by atoms with Crippen molar-refractivity contribution in [3.05, 3.63) is 35.9 Å². The van der Waals surface area contributed by atoms with Crippen molar-refractivity contribution >= 4 is 11.5 Å². The summed E-state index contributed by atoms with van der Waals surface area (Å²) in [7, 11) is 0. The molecule has 0 radical (unpaired) electrons. The van der Waals surface area contributed by atoms with E-state index in [1.165, 1.54) is 12.8 Å². The van der Waals surface area contributed by atoms with E-state index in [9.17, 15) is 4.79 Å². The van der Waals surface area contributed by atoms with Crippen LogP contribution in [0, 0.1) is 0 Å². The minimum atomic E-state index is -0.803. The van der Waals surface area contributed by atoms with Crippen LogP contribution in [-0.4, -0.2) is 20.5 Å². The SMILES string of the molecule is O=C(O)Cc1cccc2cnc(C3CC3)n12. The highest BCUT2D eigenvalue weighted by atomic mass is 16.4. The Labute approximate surface area is 92.5 Å². The fourth-order valence-electron chi connectivity index (χ4n) is 2.07. The van der Waals surface area contributed by atoms with Gasteiger partial charge in [0.1, 0.15) is 5.82 Å². The van der Waals surface area contributed by atoms with Crippen molar-refractivity contribution in [2.45, 2.75) is 25.2 Å². The van der Waals surface area contributed by atoms with Crippen LogP contribution in [0.1, 0.15) is 30.3 Å². The predicted molar refractivity (Wildman–Crippen MR) is 58.5 cm³/mol. The summed E-state index contributed by atoms with van der Waals surface area (Å²) >= 11 is 0. The Bertz CT molecular complexity index is 555. The summed E-state index contributed by atoms with van der Waals surface area (Å²) in [5, 5.41) is 8.88. The lowest BCUT2D eigenvalue weighted by atomic mass is 10.2. The average molecular weight is 216 g/mol. The van der Waals surface area contributed by atoms with Gasteiger partial charge < -0.3 is 5.11 Å². The number of carboxylic acid groups (broad SMARTS) is 1. The molecule has 4 heteroatoms. The van der Waals surface area contributed by atoms with E-state index in [1.54, 1.807) is 0 Å². The molecule has 2 aromatic heterocycles. The number of fused-ring (bicyclic) bond motifs is 1. The molecule has 0 saturated heterocycles. The quantitative estimate of drug-likeness (QED) is 0.851. The van der Waals surface area contributed by atoms with Gasteiger partial charge in [-0.25, -0.2) is 4.98 Å². The number of aromatic nitrogens is 2. The van der Waals surface area contributed by atoms with Crippen molar-refractivity contribution in [2.75, 3.05) is 0 Å². The van der Waals surface area contributed by atoms with Gasteiger partial charge in [0, 0.05) is 11.6 Å². The van der Waals surface area contributed by atoms with Gasteiger partial charge in [0.15, 0.2) is 0 Å². The number of aliphatic carboxylic acids is 1. The first kappa shape index (κ1) is 9.39. The number of hydrogen-bond acceptors (Lipinski definition) is 2. The fourth-order valence-corrected chi connectivity index (χ4v) is 2.07. The van der Waals surface area contributed by atoms with Crippen LogP contribution in [0.4, 0.5) is 0 Å². The lowest BCUT2D eigenvalue weighted by Gasteiger charge is -2.06. The molecule has 4 nitrogen and oxygen atoms in total. The van der Waals surface area contributed by atoms with Crippen LogP contribution >= 0.6 is 0 Å². The van der Waals surface area contributed by atoms with Crippen LogP contribution in [-0.2, 0) is 11.2 Å². The number of carboxylic acids is 1. The van der Waals surface area contributed by atoms with Crippen molar-refractivity contribution in [1.82, 2.24) is 9.38 Å². The Kier molecular flexibility index (Phi) is 1.96. The zero-order valence-corrected chi connectivity index (χ0v) is 8.76. The van der Waals surface area contributed by atoms with Crippen LogP contribution in [0.25, 0.3) is 5.52 Å². The van der Waals surface area contributed by atoms with E-state index < -0.39 is 5.97 Å². The summed E-state index contributed by atoms with van der Waals surface area (Å²) < 4.78 is 1.99. The number of pyridine rings is 1. The molecule has 0 amide bonds. The molecular formula is C12H12N2O2. The summed E-state index contributed by atoms with van der Waals surface area (Å²) in [6.07, 6.45) is 4.20. The third kappa shape index (κ3) is 1.46. The first-order chi connectivity index (χ1) is 7.75. The Morgan fingerprint density at radius 3 is 3.00 bits per heavy atom. The molecular weight excluding hydrogens is 204 g/mol. The Morgan fingerprint density at radius 1 is 1.50 bits per heavy atom. The number of imidazole rings is 1. The molecule has 0 atom stereocenters. The summed E-state index contributed by atoms with van der Waals surface area (Å²) in [6.45, 7) is 0. The normalized spacial score (nSPS) is 15.5. The van der Waals surface area contributed by atoms with E-state index in [0.29, 0.717) is 5.92 Å². The van der Waals surface area contributed by atoms with E-state index >= 15 is 0 Å². The fraction of sp³-hybridized carbons (Fsp3) is 0.333. The molecule has 3 rings (SSSR count). The number of hydrogen-bond donors (Lipinski definition) is 1. The molecule has 1 N–H and O–H groups in total. The van der Waals surface area contributed by atoms with Gasteiger partial charge in [0.2, 0.25) is 0 Å². The molecule has 0 unspecified atom stereocenters. The minimum absolute atomic E-state index is 0.0490. The second-order valence-electron chi connectivity index (χ2n) is 4.24. The topological polar surface area (TPSA) is 54.6 Å². The predicted octanol–water partition coefficient (Wildman–Crippen LogP) is 1.84. The van der Waals surface area contributed by atoms with Crippen LogP contribution in [0.2, 0.25) is 0 Å². The zero-order valence-electron chi connectivity index (χ0n) is 8.76. The molecule has 1 aliphatic carbocycles. The van der Waals surface area contributed by atoms with Crippen LogP contribution in [0.5, 0.6) is 0 Å². The molecule has 0 aromatic carbocycles. The van der Waals surface area contributed by atoms with Gasteiger partial charge in [-0.15, -0.1) is 0 Å². The van der Waals surface area contributed by atoms with E-state index in [4.69, 9.17) is 5.11 Å². The molecule has 0 aliphatic heterocycles. The zero-order chi connectivity index (χ0) is 11.1. The van der Waals surface area contributed by atoms with Crippen LogP contribution in [0.3, 0.4) is 0 Å². The first-order valence-electron chi connectivity index (χ1n) is 5.43. The van der Waals surface area contributed by atoms with Gasteiger partial charge in [-0.1, -0.05) is 6.07 Å². The number of carbonyl (C=O) groups is 1. The van der Waals surface area contributed by atoms with Crippen molar-refractivity contribution in [3.8, 4) is 0 Å². The van der Waals surface area contributed by atoms with Crippen molar-refractivity contribution in [2.24, 2.45) is 0 Å². The standard InChI is InChI=1S/C12H12N2O2/c15-11(16)6-9-2-1-3-10-7-13-12(14(9)10)8-4-5-8/h1-3,7-8H,4-6H2,(H,15,16). The second-order valence-corrected chi connectivity index (χ2v) is 4.24. The summed E-state index contributed by atoms with van der Waals surface area (Å²) in [5.41, 5.74) is 1.80. The Morgan fingerprint density at radius 2 is 2.31 bits per heavy atom. The van der Waals surface area contributed by atoms with Gasteiger partial charge in [-0.2, -0.15) is 0 Å². The van der Waals surface area contributed by atoms with Crippen molar-refractivity contribution in [3.63, 3.8) is 0 Å². The number of nitrogens with zero attached hydrogens (tertiary/aromatic N) is 2. The molecule has 82 valence electrons. The molecule has 0 bridgehead atoms. The highest BCUT2D eigenvalue weighted by Gasteiger charge is 2.28. The van der Waals surface area contributed by atoms with E-state index in [1.807, 2.05) is 28.8 Å². The van der Waals surface area contributed by atoms with E-state index in [2.05, 4.69) is 4.98 Å². The Balaban J connectivity index is 2.17. The van der Waals surface area contributed by atoms with Gasteiger partial charge in [0.05, 0.1) is 18.1 Å². The molecule has 2 aromatic rings. The van der Waals surface area contributed by atoms with Crippen molar-refractivity contribution < 1.29 is 9.90 Å². The second kappa shape index (κ2) is 3.33. The van der Waals surface area contributed by atoms with E-state index in [0.717, 1.165) is 17.0 Å². The smallest absolute Gasteiger partial charge is 0.309 e. The van der Waals surface area contributed by atoms with Crippen molar-refractivity contribution in [1.29, 1.82) is 0 Å². The average Bonchev–Trinajstić information content (AvgIpc) is 2.98. The first-order valence-corrected chi connectivity index (χ1v) is 5.43. The molecule has 1 aliphatic rings. The largest absolute Gasteiger partial charge is 0.481 e. The molecule has 2 heterocycles. The van der Waals surface area contributed by atoms with Crippen LogP contribution in [0.15, 0.2) is 24.4 Å². The van der Waals surface area contributed by atoms with Crippen LogP contribution < -0.4 is 0 Å². The van der Waals surface area contributed by atoms with Gasteiger partial charge in [0.25, 0.3) is 0 Å². The minimum Gasteiger partial charge on any atom is -0.481 e. The maximum Gasteiger partial charge on any atom is 0.309 e. The summed E-state index contributed by atoms with van der Waals surface area (Å²) in [4.78, 5) is 15.2. The highest BCUT2D eigenvalue weighted by Crippen LogP contribution is 2.39. The van der Waals surface area contributed by atoms with Gasteiger partial charge >= 0.3 is 5.97 Å². The van der Waals surface area contributed by atoms with Gasteiger partial charge in [-0.05, 0) is 25.0 Å². The van der Waals surface area contributed by atoms with Gasteiger partial charge in [-0.3, -0.25) is 9.20 Å². The number of rotatable bonds is 3. The Hall–Kier alpha value is -1.84. The molecule has 1 saturated carbocycles. The third-order valence-corrected chi connectivity index (χ3v) is 2.93. The maximum atomic E-state index is 10.8. The monoisotopic (exact) mass is 216 g/mol. The van der Waals surface area contributed by atoms with E-state index in [-0.39, 0.29) is 6.42 Å². The third-order valence-electron chi connectivity index (χ3n) is 2.93. The molecule has 16 heavy (non-hydrogen) atoms. The molecule has 1 fully saturated rings. The maximum absolute atomic E-state index is 10.8. The lowest BCUT2D eigenvalue weighted by Crippen LogP contribution is -2.07. The highest BCUT2D eigenvalue weighted by molar-refractivity contribution is 5.70. The molecule has 0 spiro atoms.